The third-order valence-corrected chi connectivity index (χ3v) is 5.64. The largest absolute Gasteiger partial charge is 0.444 e. The number of halogens is 1. The minimum atomic E-state index is -1.12. The van der Waals surface area contributed by atoms with Crippen molar-refractivity contribution in [2.75, 3.05) is 28.8 Å². The number of thiophene rings is 1. The van der Waals surface area contributed by atoms with E-state index in [1.165, 1.54) is 17.0 Å². The van der Waals surface area contributed by atoms with Crippen LogP contribution in [0.5, 0.6) is 0 Å². The minimum absolute atomic E-state index is 0.0688. The van der Waals surface area contributed by atoms with E-state index >= 15 is 0 Å². The highest BCUT2D eigenvalue weighted by Crippen LogP contribution is 2.38. The third-order valence-electron chi connectivity index (χ3n) is 4.63. The molecule has 3 atom stereocenters. The Hall–Kier alpha value is -3.14. The molecule has 0 aliphatic carbocycles. The Morgan fingerprint density at radius 1 is 1.52 bits per heavy atom. The fourth-order valence-electron chi connectivity index (χ4n) is 3.27. The first-order valence-corrected chi connectivity index (χ1v) is 9.86. The molecule has 3 unspecified atom stereocenters. The Kier molecular flexibility index (Phi) is 5.81. The first-order chi connectivity index (χ1) is 14.9. The highest BCUT2D eigenvalue weighted by atomic mass is 32.1. The van der Waals surface area contributed by atoms with Crippen LogP contribution in [0.25, 0.3) is 0 Å². The fraction of sp³-hybridized carbons (Fsp3) is 0.438. The number of carbonyl (C=O) groups excluding carboxylic acids is 1. The number of hydrogen-bond acceptors (Lipinski definition) is 12. The van der Waals surface area contributed by atoms with Crippen molar-refractivity contribution in [3.63, 3.8) is 0 Å². The van der Waals surface area contributed by atoms with Gasteiger partial charge in [-0.05, 0) is 6.07 Å². The third kappa shape index (κ3) is 4.34. The summed E-state index contributed by atoms with van der Waals surface area (Å²) < 4.78 is 24.6. The van der Waals surface area contributed by atoms with E-state index in [4.69, 9.17) is 9.47 Å². The normalized spacial score (nSPS) is 22.2. The lowest BCUT2D eigenvalue weighted by molar-refractivity contribution is -0.380. The average molecular weight is 456 g/mol. The molecule has 0 bridgehead atoms. The molecule has 2 aliphatic heterocycles. The van der Waals surface area contributed by atoms with Gasteiger partial charge in [-0.2, -0.15) is 14.4 Å². The second kappa shape index (κ2) is 8.54. The molecule has 15 heteroatoms. The monoisotopic (exact) mass is 456 g/mol. The molecule has 13 nitrogen and oxygen atoms in total. The number of anilines is 3. The van der Waals surface area contributed by atoms with Crippen LogP contribution in [0.15, 0.2) is 12.1 Å². The summed E-state index contributed by atoms with van der Waals surface area (Å²) in [5.41, 5.74) is 0.202. The van der Waals surface area contributed by atoms with Crippen LogP contribution in [-0.4, -0.2) is 62.9 Å². The van der Waals surface area contributed by atoms with Gasteiger partial charge in [0.25, 0.3) is 0 Å². The second-order valence-corrected chi connectivity index (χ2v) is 7.82. The molecular formula is C16H17FN6O7S. The fourth-order valence-corrected chi connectivity index (χ4v) is 4.01. The van der Waals surface area contributed by atoms with Crippen molar-refractivity contribution in [1.82, 2.24) is 9.97 Å². The molecular weight excluding hydrogens is 439 g/mol. The predicted molar refractivity (Wildman–Crippen MR) is 104 cm³/mol. The number of rotatable bonds is 6. The number of aromatic nitrogens is 2. The van der Waals surface area contributed by atoms with Gasteiger partial charge >= 0.3 is 17.2 Å². The highest BCUT2D eigenvalue weighted by molar-refractivity contribution is 7.15. The van der Waals surface area contributed by atoms with Crippen molar-refractivity contribution in [1.29, 1.82) is 0 Å². The SMILES string of the molecule is O=C(Nc1nc(F)nc2c1NCN2C1OC(CO)CC1O)OCc1ccc([N+](=O)[O-])s1. The molecule has 1 saturated heterocycles. The number of aliphatic hydroxyl groups excluding tert-OH is 2. The molecule has 31 heavy (non-hydrogen) atoms. The van der Waals surface area contributed by atoms with Crippen LogP contribution in [0.1, 0.15) is 11.3 Å². The Bertz CT molecular complexity index is 1010. The van der Waals surface area contributed by atoms with Crippen molar-refractivity contribution in [2.24, 2.45) is 0 Å². The Morgan fingerprint density at radius 2 is 2.32 bits per heavy atom. The number of nitrogens with zero attached hydrogens (tertiary/aromatic N) is 4. The van der Waals surface area contributed by atoms with E-state index in [2.05, 4.69) is 20.6 Å². The molecule has 2 aromatic heterocycles. The molecule has 0 saturated carbocycles. The summed E-state index contributed by atoms with van der Waals surface area (Å²) in [7, 11) is 0. The molecule has 1 amide bonds. The van der Waals surface area contributed by atoms with Crippen molar-refractivity contribution in [2.45, 2.75) is 31.5 Å². The van der Waals surface area contributed by atoms with E-state index in [0.29, 0.717) is 4.88 Å². The van der Waals surface area contributed by atoms with Crippen molar-refractivity contribution in [3.8, 4) is 0 Å². The second-order valence-electron chi connectivity index (χ2n) is 6.68. The first kappa shape index (κ1) is 21.1. The molecule has 4 heterocycles. The van der Waals surface area contributed by atoms with Crippen LogP contribution in [0, 0.1) is 16.2 Å². The van der Waals surface area contributed by atoms with Gasteiger partial charge in [-0.25, -0.2) is 4.79 Å². The number of nitrogens with one attached hydrogen (secondary N) is 2. The molecule has 4 rings (SSSR count). The molecule has 1 fully saturated rings. The number of nitro groups is 1. The summed E-state index contributed by atoms with van der Waals surface area (Å²) in [6, 6.07) is 2.76. The summed E-state index contributed by atoms with van der Waals surface area (Å²) in [6.45, 7) is -0.397. The number of fused-ring (bicyclic) bond motifs is 1. The van der Waals surface area contributed by atoms with Gasteiger partial charge in [-0.1, -0.05) is 11.3 Å². The zero-order valence-electron chi connectivity index (χ0n) is 15.7. The van der Waals surface area contributed by atoms with Crippen LogP contribution in [0.3, 0.4) is 0 Å². The smallest absolute Gasteiger partial charge is 0.413 e. The van der Waals surface area contributed by atoms with Gasteiger partial charge in [-0.15, -0.1) is 0 Å². The number of amides is 1. The summed E-state index contributed by atoms with van der Waals surface area (Å²) >= 11 is 0.864. The summed E-state index contributed by atoms with van der Waals surface area (Å²) in [5, 5.41) is 35.3. The summed E-state index contributed by atoms with van der Waals surface area (Å²) in [5.74, 6) is -0.113. The van der Waals surface area contributed by atoms with Gasteiger partial charge in [-0.3, -0.25) is 15.4 Å². The van der Waals surface area contributed by atoms with Gasteiger partial charge < -0.3 is 29.9 Å². The van der Waals surface area contributed by atoms with Crippen LogP contribution in [0.2, 0.25) is 0 Å². The zero-order chi connectivity index (χ0) is 22.1. The van der Waals surface area contributed by atoms with E-state index < -0.39 is 35.5 Å². The molecule has 2 aromatic rings. The average Bonchev–Trinajstić information content (AvgIpc) is 3.44. The molecule has 4 N–H and O–H groups in total. The number of aliphatic hydroxyl groups is 2. The molecule has 2 aliphatic rings. The maximum atomic E-state index is 14.0. The number of ether oxygens (including phenoxy) is 2. The van der Waals surface area contributed by atoms with Gasteiger partial charge in [0.1, 0.15) is 18.4 Å². The Morgan fingerprint density at radius 3 is 3.00 bits per heavy atom. The van der Waals surface area contributed by atoms with Crippen LogP contribution in [-0.2, 0) is 16.1 Å². The van der Waals surface area contributed by atoms with Gasteiger partial charge in [0.2, 0.25) is 0 Å². The number of hydrogen-bond donors (Lipinski definition) is 4. The predicted octanol–water partition coefficient (Wildman–Crippen LogP) is 0.992. The van der Waals surface area contributed by atoms with E-state index in [1.54, 1.807) is 0 Å². The van der Waals surface area contributed by atoms with Crippen LogP contribution in [0.4, 0.5) is 31.5 Å². The molecule has 0 aromatic carbocycles. The molecule has 0 radical (unpaired) electrons. The van der Waals surface area contributed by atoms with Crippen LogP contribution >= 0.6 is 11.3 Å². The molecule has 166 valence electrons. The Labute approximate surface area is 177 Å². The van der Waals surface area contributed by atoms with Crippen LogP contribution < -0.4 is 15.5 Å². The van der Waals surface area contributed by atoms with E-state index in [9.17, 15) is 29.5 Å². The quantitative estimate of drug-likeness (QED) is 0.277. The van der Waals surface area contributed by atoms with Gasteiger partial charge in [0, 0.05) is 17.4 Å². The Balaban J connectivity index is 1.45. The number of carbonyl (C=O) groups is 1. The van der Waals surface area contributed by atoms with Crippen molar-refractivity contribution >= 4 is 39.8 Å². The summed E-state index contributed by atoms with van der Waals surface area (Å²) in [4.78, 5) is 31.5. The minimum Gasteiger partial charge on any atom is -0.444 e. The lowest BCUT2D eigenvalue weighted by atomic mass is 10.2. The van der Waals surface area contributed by atoms with E-state index in [-0.39, 0.29) is 48.6 Å². The van der Waals surface area contributed by atoms with Gasteiger partial charge in [0.15, 0.2) is 17.9 Å². The summed E-state index contributed by atoms with van der Waals surface area (Å²) in [6.07, 6.45) is -4.22. The van der Waals surface area contributed by atoms with E-state index in [1.807, 2.05) is 0 Å². The zero-order valence-corrected chi connectivity index (χ0v) is 16.5. The standard InChI is InChI=1S/C16H17FN6O7S/c17-15-19-12(20-16(26)29-5-8-1-2-10(31-8)23(27)28)11-13(21-15)22(6-18-11)14-9(25)3-7(4-24)30-14/h1-2,7,9,14,18,24-25H,3-6H2,(H,19,20,21,26). The lowest BCUT2D eigenvalue weighted by Gasteiger charge is -2.26. The topological polar surface area (TPSA) is 172 Å². The van der Waals surface area contributed by atoms with Crippen molar-refractivity contribution < 1.29 is 33.8 Å². The maximum absolute atomic E-state index is 14.0. The molecule has 0 spiro atoms. The highest BCUT2D eigenvalue weighted by Gasteiger charge is 2.41. The van der Waals surface area contributed by atoms with Crippen molar-refractivity contribution in [3.05, 3.63) is 33.2 Å². The first-order valence-electron chi connectivity index (χ1n) is 9.05. The maximum Gasteiger partial charge on any atom is 0.413 e. The van der Waals surface area contributed by atoms with Gasteiger partial charge in [0.05, 0.1) is 24.3 Å². The lowest BCUT2D eigenvalue weighted by Crippen LogP contribution is -2.42. The van der Waals surface area contributed by atoms with E-state index in [0.717, 1.165) is 11.3 Å².